The summed E-state index contributed by atoms with van der Waals surface area (Å²) in [5, 5.41) is 21.9. The summed E-state index contributed by atoms with van der Waals surface area (Å²) in [7, 11) is 0. The van der Waals surface area contributed by atoms with Crippen LogP contribution in [0, 0.1) is 11.2 Å². The maximum atomic E-state index is 13.5. The molecule has 7 heteroatoms. The van der Waals surface area contributed by atoms with Crippen molar-refractivity contribution in [1.82, 2.24) is 5.32 Å². The molecule has 2 unspecified atom stereocenters. The first-order chi connectivity index (χ1) is 14.4. The molecule has 2 atom stereocenters. The van der Waals surface area contributed by atoms with Gasteiger partial charge in [0.25, 0.3) is 0 Å². The Morgan fingerprint density at radius 1 is 1.06 bits per heavy atom. The van der Waals surface area contributed by atoms with E-state index < -0.39 is 35.7 Å². The van der Waals surface area contributed by atoms with Gasteiger partial charge in [-0.25, -0.2) is 9.18 Å². The van der Waals surface area contributed by atoms with Crippen molar-refractivity contribution in [3.63, 3.8) is 0 Å². The molecule has 2 aromatic carbocycles. The second kappa shape index (κ2) is 9.92. The van der Waals surface area contributed by atoms with Crippen molar-refractivity contribution in [2.45, 2.75) is 52.2 Å². The Morgan fingerprint density at radius 2 is 1.71 bits per heavy atom. The van der Waals surface area contributed by atoms with Gasteiger partial charge in [0.15, 0.2) is 0 Å². The fourth-order valence-corrected chi connectivity index (χ4v) is 3.20. The smallest absolute Gasteiger partial charge is 0.407 e. The molecular weight excluding hydrogens is 401 g/mol. The van der Waals surface area contributed by atoms with Crippen LogP contribution in [0.25, 0.3) is 11.1 Å². The SMILES string of the molecule is CC(C)(C)OC(=O)NC(Cc1ccc(-c2cccc(F)c2)cc1)CC(C)(CO)C(=O)O. The lowest BCUT2D eigenvalue weighted by Gasteiger charge is -2.29. The number of alkyl carbamates (subject to hydrolysis) is 1. The molecule has 0 aliphatic carbocycles. The van der Waals surface area contributed by atoms with Crippen LogP contribution in [0.15, 0.2) is 48.5 Å². The van der Waals surface area contributed by atoms with E-state index in [1.54, 1.807) is 26.8 Å². The monoisotopic (exact) mass is 431 g/mol. The van der Waals surface area contributed by atoms with Crippen molar-refractivity contribution in [3.05, 3.63) is 59.9 Å². The molecule has 168 valence electrons. The summed E-state index contributed by atoms with van der Waals surface area (Å²) in [5.74, 6) is -1.47. The molecule has 0 aliphatic rings. The minimum Gasteiger partial charge on any atom is -0.481 e. The Morgan fingerprint density at radius 3 is 2.23 bits per heavy atom. The number of hydrogen-bond acceptors (Lipinski definition) is 4. The number of benzene rings is 2. The predicted molar refractivity (Wildman–Crippen MR) is 116 cm³/mol. The number of carbonyl (C=O) groups is 2. The van der Waals surface area contributed by atoms with E-state index in [1.165, 1.54) is 19.1 Å². The van der Waals surface area contributed by atoms with Gasteiger partial charge in [0.2, 0.25) is 0 Å². The lowest BCUT2D eigenvalue weighted by atomic mass is 9.82. The molecule has 0 aliphatic heterocycles. The maximum absolute atomic E-state index is 13.5. The van der Waals surface area contributed by atoms with Crippen LogP contribution in [0.5, 0.6) is 0 Å². The van der Waals surface area contributed by atoms with Crippen molar-refractivity contribution in [2.75, 3.05) is 6.61 Å². The van der Waals surface area contributed by atoms with Gasteiger partial charge < -0.3 is 20.3 Å². The van der Waals surface area contributed by atoms with E-state index in [9.17, 15) is 24.2 Å². The number of rotatable bonds is 8. The highest BCUT2D eigenvalue weighted by Gasteiger charge is 2.36. The molecule has 0 spiro atoms. The number of carboxylic acid groups (broad SMARTS) is 1. The van der Waals surface area contributed by atoms with Crippen molar-refractivity contribution >= 4 is 12.1 Å². The third-order valence-electron chi connectivity index (χ3n) is 4.88. The Kier molecular flexibility index (Phi) is 7.79. The van der Waals surface area contributed by atoms with Crippen LogP contribution < -0.4 is 5.32 Å². The largest absolute Gasteiger partial charge is 0.481 e. The molecule has 0 fully saturated rings. The molecule has 31 heavy (non-hydrogen) atoms. The Balaban J connectivity index is 2.21. The third-order valence-corrected chi connectivity index (χ3v) is 4.88. The van der Waals surface area contributed by atoms with Crippen molar-refractivity contribution in [1.29, 1.82) is 0 Å². The molecule has 3 N–H and O–H groups in total. The minimum atomic E-state index is -1.42. The standard InChI is InChI=1S/C24H30FNO5/c1-23(2,3)31-22(30)26-20(14-24(4,15-27)21(28)29)12-16-8-10-17(11-9-16)18-6-5-7-19(25)13-18/h5-11,13,20,27H,12,14-15H2,1-4H3,(H,26,30)(H,28,29). The molecule has 1 amide bonds. The van der Waals surface area contributed by atoms with Crippen molar-refractivity contribution in [3.8, 4) is 11.1 Å². The number of carbonyl (C=O) groups excluding carboxylic acids is 1. The number of carboxylic acids is 1. The number of nitrogens with one attached hydrogen (secondary N) is 1. The molecule has 6 nitrogen and oxygen atoms in total. The van der Waals surface area contributed by atoms with E-state index in [-0.39, 0.29) is 12.2 Å². The van der Waals surface area contributed by atoms with Crippen LogP contribution in [0.1, 0.15) is 39.7 Å². The van der Waals surface area contributed by atoms with Crippen LogP contribution in [-0.2, 0) is 16.0 Å². The van der Waals surface area contributed by atoms with Gasteiger partial charge >= 0.3 is 12.1 Å². The number of aliphatic carboxylic acids is 1. The van der Waals surface area contributed by atoms with Gasteiger partial charge in [0.05, 0.1) is 12.0 Å². The lowest BCUT2D eigenvalue weighted by Crippen LogP contribution is -2.45. The second-order valence-corrected chi connectivity index (χ2v) is 8.98. The fraction of sp³-hybridized carbons (Fsp3) is 0.417. The highest BCUT2D eigenvalue weighted by molar-refractivity contribution is 5.74. The van der Waals surface area contributed by atoms with Gasteiger partial charge in [0.1, 0.15) is 11.4 Å². The van der Waals surface area contributed by atoms with Gasteiger partial charge in [-0.05, 0) is 69.4 Å². The van der Waals surface area contributed by atoms with E-state index in [1.807, 2.05) is 30.3 Å². The summed E-state index contributed by atoms with van der Waals surface area (Å²) >= 11 is 0. The zero-order chi connectivity index (χ0) is 23.2. The summed E-state index contributed by atoms with van der Waals surface area (Å²) in [6.07, 6.45) is -0.297. The Hall–Kier alpha value is -2.93. The van der Waals surface area contributed by atoms with E-state index in [4.69, 9.17) is 4.74 Å². The summed E-state index contributed by atoms with van der Waals surface area (Å²) in [6, 6.07) is 13.1. The molecule has 0 saturated carbocycles. The van der Waals surface area contributed by atoms with Crippen LogP contribution >= 0.6 is 0 Å². The predicted octanol–water partition coefficient (Wildman–Crippen LogP) is 4.40. The van der Waals surface area contributed by atoms with Crippen molar-refractivity contribution in [2.24, 2.45) is 5.41 Å². The third kappa shape index (κ3) is 7.36. The summed E-state index contributed by atoms with van der Waals surface area (Å²) in [5.41, 5.74) is 0.321. The minimum absolute atomic E-state index is 0.0176. The number of ether oxygens (including phenoxy) is 1. The van der Waals surface area contributed by atoms with E-state index in [0.717, 1.165) is 16.7 Å². The van der Waals surface area contributed by atoms with Gasteiger partial charge in [0, 0.05) is 6.04 Å². The van der Waals surface area contributed by atoms with E-state index in [0.29, 0.717) is 6.42 Å². The topological polar surface area (TPSA) is 95.9 Å². The number of amides is 1. The van der Waals surface area contributed by atoms with E-state index in [2.05, 4.69) is 5.32 Å². The molecule has 0 saturated heterocycles. The average Bonchev–Trinajstić information content (AvgIpc) is 2.66. The average molecular weight is 432 g/mol. The number of aliphatic hydroxyl groups is 1. The molecular formula is C24H30FNO5. The quantitative estimate of drug-likeness (QED) is 0.576. The normalized spacial score (nSPS) is 14.4. The number of hydrogen-bond donors (Lipinski definition) is 3. The summed E-state index contributed by atoms with van der Waals surface area (Å²) in [6.45, 7) is 6.09. The van der Waals surface area contributed by atoms with Gasteiger partial charge in [-0.3, -0.25) is 4.79 Å². The maximum Gasteiger partial charge on any atom is 0.407 e. The molecule has 0 heterocycles. The van der Waals surface area contributed by atoms with Crippen molar-refractivity contribution < 1.29 is 28.9 Å². The first-order valence-corrected chi connectivity index (χ1v) is 10.1. The summed E-state index contributed by atoms with van der Waals surface area (Å²) < 4.78 is 18.8. The van der Waals surface area contributed by atoms with Crippen LogP contribution in [0.4, 0.5) is 9.18 Å². The molecule has 0 aromatic heterocycles. The lowest BCUT2D eigenvalue weighted by molar-refractivity contribution is -0.151. The first-order valence-electron chi connectivity index (χ1n) is 10.1. The molecule has 2 rings (SSSR count). The zero-order valence-electron chi connectivity index (χ0n) is 18.3. The molecule has 2 aromatic rings. The zero-order valence-corrected chi connectivity index (χ0v) is 18.3. The van der Waals surface area contributed by atoms with Crippen LogP contribution in [-0.4, -0.2) is 40.5 Å². The van der Waals surface area contributed by atoms with Crippen LogP contribution in [0.2, 0.25) is 0 Å². The summed E-state index contributed by atoms with van der Waals surface area (Å²) in [4.78, 5) is 23.9. The molecule has 0 radical (unpaired) electrons. The van der Waals surface area contributed by atoms with Crippen LogP contribution in [0.3, 0.4) is 0 Å². The van der Waals surface area contributed by atoms with Gasteiger partial charge in [-0.15, -0.1) is 0 Å². The fourth-order valence-electron chi connectivity index (χ4n) is 3.20. The number of aliphatic hydroxyl groups excluding tert-OH is 1. The molecule has 0 bridgehead atoms. The first kappa shape index (κ1) is 24.3. The van der Waals surface area contributed by atoms with Gasteiger partial charge in [-0.1, -0.05) is 36.4 Å². The second-order valence-electron chi connectivity index (χ2n) is 8.98. The highest BCUT2D eigenvalue weighted by Crippen LogP contribution is 2.26. The Bertz CT molecular complexity index is 907. The Labute approximate surface area is 182 Å². The van der Waals surface area contributed by atoms with Gasteiger partial charge in [-0.2, -0.15) is 0 Å². The number of halogens is 1. The highest BCUT2D eigenvalue weighted by atomic mass is 19.1. The van der Waals surface area contributed by atoms with E-state index >= 15 is 0 Å².